The van der Waals surface area contributed by atoms with Crippen LogP contribution in [0.3, 0.4) is 0 Å². The topological polar surface area (TPSA) is 67.3 Å². The molecule has 2 aromatic rings. The number of fused-ring (bicyclic) bond motifs is 2. The van der Waals surface area contributed by atoms with Crippen LogP contribution in [0.15, 0.2) is 24.4 Å². The third kappa shape index (κ3) is 3.99. The highest BCUT2D eigenvalue weighted by molar-refractivity contribution is 5.79. The zero-order valence-electron chi connectivity index (χ0n) is 16.8. The number of carbonyl (C=O) groups excluding carboxylic acids is 1. The highest BCUT2D eigenvalue weighted by Crippen LogP contribution is 2.27. The van der Waals surface area contributed by atoms with E-state index in [9.17, 15) is 4.79 Å². The van der Waals surface area contributed by atoms with Gasteiger partial charge in [0.2, 0.25) is 5.91 Å². The minimum Gasteiger partial charge on any atom is -0.493 e. The van der Waals surface area contributed by atoms with Gasteiger partial charge >= 0.3 is 0 Å². The smallest absolute Gasteiger partial charge is 0.227 e. The Morgan fingerprint density at radius 1 is 1.24 bits per heavy atom. The molecule has 6 nitrogen and oxygen atoms in total. The molecule has 29 heavy (non-hydrogen) atoms. The van der Waals surface area contributed by atoms with Crippen molar-refractivity contribution in [1.82, 2.24) is 20.2 Å². The fourth-order valence-corrected chi connectivity index (χ4v) is 4.62. The van der Waals surface area contributed by atoms with Crippen molar-refractivity contribution < 1.29 is 9.53 Å². The maximum Gasteiger partial charge on any atom is 0.227 e. The zero-order valence-corrected chi connectivity index (χ0v) is 16.8. The Bertz CT molecular complexity index is 908. The van der Waals surface area contributed by atoms with E-state index in [-0.39, 0.29) is 5.91 Å². The normalized spacial score (nSPS) is 21.1. The third-order valence-corrected chi connectivity index (χ3v) is 6.30. The highest BCUT2D eigenvalue weighted by atomic mass is 16.5. The summed E-state index contributed by atoms with van der Waals surface area (Å²) in [6.45, 7) is 4.20. The van der Waals surface area contributed by atoms with Gasteiger partial charge in [0.05, 0.1) is 18.7 Å². The van der Waals surface area contributed by atoms with Crippen LogP contribution in [0.1, 0.15) is 53.4 Å². The van der Waals surface area contributed by atoms with Gasteiger partial charge in [0.25, 0.3) is 0 Å². The van der Waals surface area contributed by atoms with E-state index >= 15 is 0 Å². The maximum absolute atomic E-state index is 12.9. The summed E-state index contributed by atoms with van der Waals surface area (Å²) in [5.74, 6) is 2.53. The number of ether oxygens (including phenoxy) is 1. The van der Waals surface area contributed by atoms with E-state index in [0.29, 0.717) is 18.9 Å². The van der Waals surface area contributed by atoms with Crippen LogP contribution < -0.4 is 10.1 Å². The first-order valence-electron chi connectivity index (χ1n) is 10.8. The van der Waals surface area contributed by atoms with Crippen molar-refractivity contribution in [3.63, 3.8) is 0 Å². The molecule has 4 heterocycles. The summed E-state index contributed by atoms with van der Waals surface area (Å²) in [5, 5.41) is 3.44. The Balaban J connectivity index is 1.25. The number of piperidine rings is 1. The first kappa shape index (κ1) is 18.6. The van der Waals surface area contributed by atoms with Crippen LogP contribution >= 0.6 is 0 Å². The second-order valence-corrected chi connectivity index (χ2v) is 8.38. The number of hydrogen-bond acceptors (Lipinski definition) is 5. The molecule has 1 saturated heterocycles. The average Bonchev–Trinajstić information content (AvgIpc) is 2.79. The van der Waals surface area contributed by atoms with E-state index in [2.05, 4.69) is 16.4 Å². The Labute approximate surface area is 171 Å². The summed E-state index contributed by atoms with van der Waals surface area (Å²) in [4.78, 5) is 24.4. The molecule has 0 bridgehead atoms. The fraction of sp³-hybridized carbons (Fsp3) is 0.522. The van der Waals surface area contributed by atoms with Gasteiger partial charge in [0.1, 0.15) is 11.6 Å². The summed E-state index contributed by atoms with van der Waals surface area (Å²) in [5.41, 5.74) is 4.51. The lowest BCUT2D eigenvalue weighted by molar-refractivity contribution is -0.131. The maximum atomic E-state index is 12.9. The van der Waals surface area contributed by atoms with Crippen molar-refractivity contribution in [2.45, 2.75) is 51.0 Å². The number of nitrogens with one attached hydrogen (secondary N) is 1. The first-order chi connectivity index (χ1) is 14.3. The highest BCUT2D eigenvalue weighted by Gasteiger charge is 2.25. The lowest BCUT2D eigenvalue weighted by Crippen LogP contribution is -2.38. The van der Waals surface area contributed by atoms with Crippen LogP contribution in [0.5, 0.6) is 5.75 Å². The predicted molar refractivity (Wildman–Crippen MR) is 110 cm³/mol. The van der Waals surface area contributed by atoms with Gasteiger partial charge in [-0.2, -0.15) is 0 Å². The van der Waals surface area contributed by atoms with Crippen LogP contribution in [0.25, 0.3) is 0 Å². The van der Waals surface area contributed by atoms with Gasteiger partial charge in [-0.15, -0.1) is 0 Å². The fourth-order valence-electron chi connectivity index (χ4n) is 4.62. The lowest BCUT2D eigenvalue weighted by atomic mass is 9.98. The molecule has 6 heteroatoms. The first-order valence-corrected chi connectivity index (χ1v) is 10.8. The Morgan fingerprint density at radius 2 is 2.21 bits per heavy atom. The second-order valence-electron chi connectivity index (χ2n) is 8.38. The van der Waals surface area contributed by atoms with E-state index in [1.807, 2.05) is 23.2 Å². The van der Waals surface area contributed by atoms with Gasteiger partial charge in [0.15, 0.2) is 0 Å². The van der Waals surface area contributed by atoms with Gasteiger partial charge in [-0.25, -0.2) is 9.97 Å². The van der Waals surface area contributed by atoms with E-state index in [1.165, 1.54) is 12.0 Å². The van der Waals surface area contributed by atoms with Crippen molar-refractivity contribution in [3.05, 3.63) is 52.6 Å². The average molecular weight is 393 g/mol. The molecule has 3 aliphatic heterocycles. The third-order valence-electron chi connectivity index (χ3n) is 6.30. The summed E-state index contributed by atoms with van der Waals surface area (Å²) in [6, 6.07) is 6.17. The zero-order chi connectivity index (χ0) is 19.6. The number of amides is 1. The minimum absolute atomic E-state index is 0.174. The van der Waals surface area contributed by atoms with Gasteiger partial charge in [0, 0.05) is 43.7 Å². The molecule has 0 spiro atoms. The molecule has 1 amide bonds. The number of carbonyl (C=O) groups is 1. The van der Waals surface area contributed by atoms with E-state index in [0.717, 1.165) is 80.3 Å². The van der Waals surface area contributed by atoms with Crippen molar-refractivity contribution >= 4 is 5.91 Å². The number of nitrogens with zero attached hydrogens (tertiary/aromatic N) is 3. The molecule has 1 N–H and O–H groups in total. The van der Waals surface area contributed by atoms with Crippen LogP contribution in [0.2, 0.25) is 0 Å². The molecule has 5 rings (SSSR count). The molecule has 3 aliphatic rings. The molecule has 1 fully saturated rings. The van der Waals surface area contributed by atoms with Crippen molar-refractivity contribution in [2.24, 2.45) is 0 Å². The lowest BCUT2D eigenvalue weighted by Gasteiger charge is -2.29. The Kier molecular flexibility index (Phi) is 5.19. The summed E-state index contributed by atoms with van der Waals surface area (Å²) >= 11 is 0. The van der Waals surface area contributed by atoms with Gasteiger partial charge in [-0.05, 0) is 49.4 Å². The molecular weight excluding hydrogens is 364 g/mol. The molecule has 1 aromatic carbocycles. The van der Waals surface area contributed by atoms with Gasteiger partial charge in [-0.1, -0.05) is 12.1 Å². The quantitative estimate of drug-likeness (QED) is 0.869. The van der Waals surface area contributed by atoms with Crippen molar-refractivity contribution in [2.75, 3.05) is 26.2 Å². The van der Waals surface area contributed by atoms with Crippen molar-refractivity contribution in [3.8, 4) is 5.75 Å². The molecule has 152 valence electrons. The number of aromatic nitrogens is 2. The largest absolute Gasteiger partial charge is 0.493 e. The van der Waals surface area contributed by atoms with Gasteiger partial charge in [-0.3, -0.25) is 4.79 Å². The Morgan fingerprint density at radius 3 is 3.10 bits per heavy atom. The minimum atomic E-state index is 0.174. The van der Waals surface area contributed by atoms with Crippen LogP contribution in [0, 0.1) is 0 Å². The number of rotatable bonds is 3. The SMILES string of the molecule is O=C(Cc1ccc2c(c1)CCCO2)N1CCc2nc([C@@H]3CCCNC3)ncc2C1. The van der Waals surface area contributed by atoms with Crippen molar-refractivity contribution in [1.29, 1.82) is 0 Å². The molecule has 0 unspecified atom stereocenters. The summed E-state index contributed by atoms with van der Waals surface area (Å²) in [6.07, 6.45) is 7.62. The molecule has 0 aliphatic carbocycles. The summed E-state index contributed by atoms with van der Waals surface area (Å²) < 4.78 is 5.68. The number of benzene rings is 1. The van der Waals surface area contributed by atoms with E-state index < -0.39 is 0 Å². The van der Waals surface area contributed by atoms with Crippen LogP contribution in [-0.4, -0.2) is 47.0 Å². The molecule has 1 aromatic heterocycles. The monoisotopic (exact) mass is 392 g/mol. The van der Waals surface area contributed by atoms with Crippen LogP contribution in [-0.2, 0) is 30.6 Å². The standard InChI is InChI=1S/C23H28N4O2/c28-22(12-16-5-6-21-17(11-16)4-2-10-29-21)27-9-7-20-19(15-27)14-25-23(26-20)18-3-1-8-24-13-18/h5-6,11,14,18,24H,1-4,7-10,12-13,15H2/t18-/m1/s1. The summed E-state index contributed by atoms with van der Waals surface area (Å²) in [7, 11) is 0. The van der Waals surface area contributed by atoms with E-state index in [1.54, 1.807) is 0 Å². The molecule has 0 saturated carbocycles. The van der Waals surface area contributed by atoms with E-state index in [4.69, 9.17) is 9.72 Å². The molecule has 0 radical (unpaired) electrons. The Hall–Kier alpha value is -2.47. The number of aryl methyl sites for hydroxylation is 1. The number of hydrogen-bond donors (Lipinski definition) is 1. The molecular formula is C23H28N4O2. The second kappa shape index (κ2) is 8.11. The predicted octanol–water partition coefficient (Wildman–Crippen LogP) is 2.40. The molecule has 1 atom stereocenters. The van der Waals surface area contributed by atoms with Crippen LogP contribution in [0.4, 0.5) is 0 Å². The van der Waals surface area contributed by atoms with Gasteiger partial charge < -0.3 is 15.0 Å².